The lowest BCUT2D eigenvalue weighted by Crippen LogP contribution is -2.00. The fourth-order valence-corrected chi connectivity index (χ4v) is 1.30. The van der Waals surface area contributed by atoms with E-state index in [0.29, 0.717) is 5.92 Å². The van der Waals surface area contributed by atoms with Gasteiger partial charge in [-0.1, -0.05) is 6.92 Å². The minimum Gasteiger partial charge on any atom is -0.179 e. The fraction of sp³-hybridized carbons (Fsp3) is 1.00. The highest BCUT2D eigenvalue weighted by Gasteiger charge is 2.01. The number of thiol groups is 3. The SMILES string of the molecule is CC(CS)CC(S)S. The smallest absolute Gasteiger partial charge is 0.0445 e. The first-order valence-corrected chi connectivity index (χ1v) is 4.30. The number of hydrogen-bond acceptors (Lipinski definition) is 3. The molecule has 0 amide bonds. The summed E-state index contributed by atoms with van der Waals surface area (Å²) in [5.74, 6) is 1.57. The Bertz CT molecular complexity index is 53.6. The van der Waals surface area contributed by atoms with E-state index in [4.69, 9.17) is 0 Å². The predicted octanol–water partition coefficient (Wildman–Crippen LogP) is 2.13. The van der Waals surface area contributed by atoms with Crippen LogP contribution in [0.15, 0.2) is 0 Å². The summed E-state index contributed by atoms with van der Waals surface area (Å²) in [6, 6.07) is 0. The standard InChI is InChI=1S/C5H12S3/c1-4(3-6)2-5(7)8/h4-8H,2-3H2,1H3. The number of rotatable bonds is 3. The molecule has 0 nitrogen and oxygen atoms in total. The van der Waals surface area contributed by atoms with Crippen molar-refractivity contribution >= 4 is 37.9 Å². The molecule has 0 radical (unpaired) electrons. The van der Waals surface area contributed by atoms with E-state index >= 15 is 0 Å². The Morgan fingerprint density at radius 3 is 2.00 bits per heavy atom. The lowest BCUT2D eigenvalue weighted by atomic mass is 10.2. The molecule has 8 heavy (non-hydrogen) atoms. The largest absolute Gasteiger partial charge is 0.179 e. The van der Waals surface area contributed by atoms with Crippen molar-refractivity contribution in [1.29, 1.82) is 0 Å². The monoisotopic (exact) mass is 168 g/mol. The molecule has 0 N–H and O–H groups in total. The van der Waals surface area contributed by atoms with Crippen LogP contribution in [0.5, 0.6) is 0 Å². The number of hydrogen-bond donors (Lipinski definition) is 3. The zero-order valence-electron chi connectivity index (χ0n) is 4.91. The first kappa shape index (κ1) is 9.05. The van der Waals surface area contributed by atoms with Crippen LogP contribution < -0.4 is 0 Å². The lowest BCUT2D eigenvalue weighted by Gasteiger charge is -2.07. The molecule has 0 saturated heterocycles. The molecule has 0 aromatic heterocycles. The Hall–Kier alpha value is 1.05. The summed E-state index contributed by atoms with van der Waals surface area (Å²) in [6.07, 6.45) is 1.04. The fourth-order valence-electron chi connectivity index (χ4n) is 0.434. The Labute approximate surface area is 67.7 Å². The molecule has 0 aromatic rings. The van der Waals surface area contributed by atoms with Crippen molar-refractivity contribution in [3.63, 3.8) is 0 Å². The maximum absolute atomic E-state index is 4.12. The molecule has 0 heterocycles. The Kier molecular flexibility index (Phi) is 5.53. The Morgan fingerprint density at radius 1 is 1.38 bits per heavy atom. The van der Waals surface area contributed by atoms with Crippen molar-refractivity contribution in [1.82, 2.24) is 0 Å². The molecule has 1 unspecified atom stereocenters. The molecule has 0 aliphatic carbocycles. The molecule has 0 saturated carbocycles. The zero-order chi connectivity index (χ0) is 6.57. The van der Waals surface area contributed by atoms with E-state index in [2.05, 4.69) is 44.8 Å². The van der Waals surface area contributed by atoms with Crippen molar-refractivity contribution < 1.29 is 0 Å². The van der Waals surface area contributed by atoms with E-state index in [0.717, 1.165) is 12.2 Å². The summed E-state index contributed by atoms with van der Waals surface area (Å²) in [6.45, 7) is 2.15. The van der Waals surface area contributed by atoms with Crippen LogP contribution in [0.1, 0.15) is 13.3 Å². The molecule has 0 spiro atoms. The zero-order valence-corrected chi connectivity index (χ0v) is 7.59. The van der Waals surface area contributed by atoms with Crippen LogP contribution in [0.4, 0.5) is 0 Å². The van der Waals surface area contributed by atoms with Gasteiger partial charge in [-0.15, -0.1) is 0 Å². The molecular formula is C5H12S3. The highest BCUT2D eigenvalue weighted by molar-refractivity contribution is 7.99. The van der Waals surface area contributed by atoms with Crippen LogP contribution in [-0.2, 0) is 0 Å². The molecule has 0 fully saturated rings. The van der Waals surface area contributed by atoms with Crippen molar-refractivity contribution in [3.05, 3.63) is 0 Å². The topological polar surface area (TPSA) is 0 Å². The van der Waals surface area contributed by atoms with Crippen LogP contribution in [0.25, 0.3) is 0 Å². The molecule has 50 valence electrons. The Balaban J connectivity index is 3.10. The lowest BCUT2D eigenvalue weighted by molar-refractivity contribution is 0.634. The van der Waals surface area contributed by atoms with E-state index in [1.54, 1.807) is 0 Å². The third-order valence-electron chi connectivity index (χ3n) is 0.925. The first-order chi connectivity index (χ1) is 3.66. The van der Waals surface area contributed by atoms with E-state index < -0.39 is 0 Å². The molecule has 0 aliphatic rings. The van der Waals surface area contributed by atoms with Gasteiger partial charge in [0, 0.05) is 4.58 Å². The van der Waals surface area contributed by atoms with Crippen molar-refractivity contribution in [2.24, 2.45) is 5.92 Å². The average molecular weight is 168 g/mol. The quantitative estimate of drug-likeness (QED) is 0.417. The van der Waals surface area contributed by atoms with Gasteiger partial charge < -0.3 is 0 Å². The van der Waals surface area contributed by atoms with Gasteiger partial charge >= 0.3 is 0 Å². The van der Waals surface area contributed by atoms with Gasteiger partial charge in [0.2, 0.25) is 0 Å². The van der Waals surface area contributed by atoms with Crippen LogP contribution in [0, 0.1) is 5.92 Å². The normalized spacial score (nSPS) is 14.6. The van der Waals surface area contributed by atoms with E-state index in [-0.39, 0.29) is 4.58 Å². The molecular weight excluding hydrogens is 156 g/mol. The highest BCUT2D eigenvalue weighted by atomic mass is 32.2. The molecule has 0 aliphatic heterocycles. The van der Waals surface area contributed by atoms with Crippen LogP contribution in [0.3, 0.4) is 0 Å². The van der Waals surface area contributed by atoms with Crippen molar-refractivity contribution in [3.8, 4) is 0 Å². The van der Waals surface area contributed by atoms with Crippen molar-refractivity contribution in [2.45, 2.75) is 17.9 Å². The van der Waals surface area contributed by atoms with Crippen LogP contribution in [0.2, 0.25) is 0 Å². The van der Waals surface area contributed by atoms with Gasteiger partial charge in [-0.25, -0.2) is 0 Å². The summed E-state index contributed by atoms with van der Waals surface area (Å²) >= 11 is 12.4. The van der Waals surface area contributed by atoms with E-state index in [1.807, 2.05) is 0 Å². The summed E-state index contributed by atoms with van der Waals surface area (Å²) in [5, 5.41) is 0. The van der Waals surface area contributed by atoms with Gasteiger partial charge in [-0.2, -0.15) is 37.9 Å². The highest BCUT2D eigenvalue weighted by Crippen LogP contribution is 2.14. The third-order valence-corrected chi connectivity index (χ3v) is 1.97. The summed E-state index contributed by atoms with van der Waals surface area (Å²) in [5.41, 5.74) is 0. The van der Waals surface area contributed by atoms with E-state index in [9.17, 15) is 0 Å². The van der Waals surface area contributed by atoms with E-state index in [1.165, 1.54) is 0 Å². The van der Waals surface area contributed by atoms with Gasteiger partial charge in [0.05, 0.1) is 0 Å². The maximum Gasteiger partial charge on any atom is 0.0445 e. The predicted molar refractivity (Wildman–Crippen MR) is 49.4 cm³/mol. The minimum absolute atomic E-state index is 0.220. The van der Waals surface area contributed by atoms with Crippen LogP contribution in [-0.4, -0.2) is 10.3 Å². The second-order valence-electron chi connectivity index (χ2n) is 2.00. The van der Waals surface area contributed by atoms with Gasteiger partial charge in [0.15, 0.2) is 0 Å². The summed E-state index contributed by atoms with van der Waals surface area (Å²) < 4.78 is 0.220. The van der Waals surface area contributed by atoms with Crippen LogP contribution >= 0.6 is 37.9 Å². The van der Waals surface area contributed by atoms with Gasteiger partial charge in [0.1, 0.15) is 0 Å². The molecule has 0 bridgehead atoms. The molecule has 0 rings (SSSR count). The second-order valence-corrected chi connectivity index (χ2v) is 4.02. The summed E-state index contributed by atoms with van der Waals surface area (Å²) in [7, 11) is 0. The van der Waals surface area contributed by atoms with Crippen molar-refractivity contribution in [2.75, 3.05) is 5.75 Å². The molecule has 1 atom stereocenters. The first-order valence-electron chi connectivity index (χ1n) is 2.63. The minimum atomic E-state index is 0.220. The van der Waals surface area contributed by atoms with Gasteiger partial charge in [-0.05, 0) is 18.1 Å². The average Bonchev–Trinajstić information content (AvgIpc) is 1.65. The van der Waals surface area contributed by atoms with Gasteiger partial charge in [0.25, 0.3) is 0 Å². The molecule has 3 heteroatoms. The van der Waals surface area contributed by atoms with Gasteiger partial charge in [-0.3, -0.25) is 0 Å². The molecule has 0 aromatic carbocycles. The third kappa shape index (κ3) is 5.19. The maximum atomic E-state index is 4.12. The Morgan fingerprint density at radius 2 is 1.88 bits per heavy atom. The summed E-state index contributed by atoms with van der Waals surface area (Å²) in [4.78, 5) is 0. The second kappa shape index (κ2) is 4.89.